The Hall–Kier alpha value is -0.530. The Morgan fingerprint density at radius 3 is 2.42 bits per heavy atom. The minimum absolute atomic E-state index is 0.695. The average Bonchev–Trinajstić information content (AvgIpc) is 2.06. The molecule has 0 amide bonds. The second kappa shape index (κ2) is 4.48. The summed E-state index contributed by atoms with van der Waals surface area (Å²) >= 11 is 0. The van der Waals surface area contributed by atoms with E-state index in [2.05, 4.69) is 4.90 Å². The molecule has 0 aromatic rings. The molecule has 1 aliphatic rings. The van der Waals surface area contributed by atoms with Crippen molar-refractivity contribution in [2.75, 3.05) is 13.6 Å². The lowest BCUT2D eigenvalue weighted by atomic mass is 9.89. The predicted molar refractivity (Wildman–Crippen MR) is 52.6 cm³/mol. The molecule has 12 heavy (non-hydrogen) atoms. The summed E-state index contributed by atoms with van der Waals surface area (Å²) in [6, 6.07) is 0. The van der Waals surface area contributed by atoms with Gasteiger partial charge in [0.2, 0.25) is 0 Å². The first-order valence-corrected chi connectivity index (χ1v) is 4.96. The third kappa shape index (κ3) is 2.84. The molecule has 0 atom stereocenters. The van der Waals surface area contributed by atoms with Crippen LogP contribution < -0.4 is 0 Å². The molecule has 2 nitrogen and oxygen atoms in total. The molecule has 2 heteroatoms. The molecule has 70 valence electrons. The molecule has 0 heterocycles. The van der Waals surface area contributed by atoms with Gasteiger partial charge in [0.1, 0.15) is 0 Å². The molecule has 0 unspecified atom stereocenters. The Morgan fingerprint density at radius 1 is 1.33 bits per heavy atom. The van der Waals surface area contributed by atoms with Gasteiger partial charge in [-0.2, -0.15) is 0 Å². The molecule has 0 aromatic carbocycles. The lowest BCUT2D eigenvalue weighted by molar-refractivity contribution is 0.295. The fraction of sp³-hybridized carbons (Fsp3) is 0.900. The molecule has 1 saturated carbocycles. The first kappa shape index (κ1) is 9.56. The molecule has 0 aromatic heterocycles. The van der Waals surface area contributed by atoms with E-state index in [1.165, 1.54) is 32.1 Å². The average molecular weight is 168 g/mol. The van der Waals surface area contributed by atoms with Gasteiger partial charge in [-0.1, -0.05) is 19.3 Å². The second-order valence-corrected chi connectivity index (χ2v) is 3.97. The number of rotatable bonds is 2. The quantitative estimate of drug-likeness (QED) is 0.498. The second-order valence-electron chi connectivity index (χ2n) is 3.97. The monoisotopic (exact) mass is 168 g/mol. The van der Waals surface area contributed by atoms with Gasteiger partial charge >= 0.3 is 0 Å². The largest absolute Gasteiger partial charge is 0.364 e. The molecule has 0 bridgehead atoms. The summed E-state index contributed by atoms with van der Waals surface area (Å²) in [5, 5.41) is 7.44. The van der Waals surface area contributed by atoms with E-state index in [4.69, 9.17) is 5.41 Å². The standard InChI is InChI=1S/C10H20N2/c1-9(11)12(2)8-10-6-4-3-5-7-10/h10-11H,3-8H2,1-2H3. The van der Waals surface area contributed by atoms with Gasteiger partial charge in [0.15, 0.2) is 0 Å². The minimum atomic E-state index is 0.695. The fourth-order valence-electron chi connectivity index (χ4n) is 1.89. The van der Waals surface area contributed by atoms with Crippen LogP contribution in [0.25, 0.3) is 0 Å². The zero-order valence-corrected chi connectivity index (χ0v) is 8.27. The van der Waals surface area contributed by atoms with Crippen molar-refractivity contribution in [3.63, 3.8) is 0 Å². The topological polar surface area (TPSA) is 27.1 Å². The Morgan fingerprint density at radius 2 is 1.92 bits per heavy atom. The van der Waals surface area contributed by atoms with Crippen molar-refractivity contribution in [3.8, 4) is 0 Å². The smallest absolute Gasteiger partial charge is 0.0923 e. The molecule has 0 radical (unpaired) electrons. The predicted octanol–water partition coefficient (Wildman–Crippen LogP) is 2.50. The van der Waals surface area contributed by atoms with Crippen molar-refractivity contribution in [3.05, 3.63) is 0 Å². The Kier molecular flexibility index (Phi) is 3.57. The van der Waals surface area contributed by atoms with Gasteiger partial charge in [0, 0.05) is 13.6 Å². The van der Waals surface area contributed by atoms with E-state index in [0.29, 0.717) is 5.84 Å². The van der Waals surface area contributed by atoms with Crippen molar-refractivity contribution in [1.29, 1.82) is 5.41 Å². The van der Waals surface area contributed by atoms with Crippen LogP contribution in [-0.2, 0) is 0 Å². The highest BCUT2D eigenvalue weighted by molar-refractivity contribution is 5.75. The summed E-state index contributed by atoms with van der Waals surface area (Å²) in [6.45, 7) is 2.96. The zero-order valence-electron chi connectivity index (χ0n) is 8.27. The van der Waals surface area contributed by atoms with Crippen LogP contribution in [0.2, 0.25) is 0 Å². The molecule has 1 rings (SSSR count). The number of nitrogens with zero attached hydrogens (tertiary/aromatic N) is 1. The van der Waals surface area contributed by atoms with Gasteiger partial charge < -0.3 is 4.90 Å². The summed E-state index contributed by atoms with van der Waals surface area (Å²) < 4.78 is 0. The Labute approximate surface area is 75.5 Å². The maximum absolute atomic E-state index is 7.44. The third-order valence-electron chi connectivity index (χ3n) is 2.83. The van der Waals surface area contributed by atoms with Crippen LogP contribution in [0.15, 0.2) is 0 Å². The van der Waals surface area contributed by atoms with Crippen LogP contribution in [0.5, 0.6) is 0 Å². The molecular weight excluding hydrogens is 148 g/mol. The number of amidine groups is 1. The summed E-state index contributed by atoms with van der Waals surface area (Å²) in [5.74, 6) is 1.55. The molecule has 0 spiro atoms. The van der Waals surface area contributed by atoms with Crippen LogP contribution in [0.4, 0.5) is 0 Å². The van der Waals surface area contributed by atoms with Crippen LogP contribution in [0, 0.1) is 11.3 Å². The SMILES string of the molecule is CC(=N)N(C)CC1CCCCC1. The zero-order chi connectivity index (χ0) is 8.97. The molecule has 1 fully saturated rings. The normalized spacial score (nSPS) is 19.2. The van der Waals surface area contributed by atoms with Crippen LogP contribution >= 0.6 is 0 Å². The highest BCUT2D eigenvalue weighted by Gasteiger charge is 2.15. The molecule has 1 N–H and O–H groups in total. The van der Waals surface area contributed by atoms with E-state index < -0.39 is 0 Å². The number of nitrogens with one attached hydrogen (secondary N) is 1. The van der Waals surface area contributed by atoms with Crippen molar-refractivity contribution in [1.82, 2.24) is 4.90 Å². The highest BCUT2D eigenvalue weighted by atomic mass is 15.1. The summed E-state index contributed by atoms with van der Waals surface area (Å²) in [7, 11) is 2.02. The van der Waals surface area contributed by atoms with E-state index in [9.17, 15) is 0 Å². The van der Waals surface area contributed by atoms with Crippen LogP contribution in [0.1, 0.15) is 39.0 Å². The lowest BCUT2D eigenvalue weighted by Crippen LogP contribution is -2.30. The fourth-order valence-corrected chi connectivity index (χ4v) is 1.89. The van der Waals surface area contributed by atoms with Gasteiger partial charge in [0.05, 0.1) is 5.84 Å². The Balaban J connectivity index is 2.24. The van der Waals surface area contributed by atoms with Gasteiger partial charge in [-0.15, -0.1) is 0 Å². The number of hydrogen-bond acceptors (Lipinski definition) is 1. The highest BCUT2D eigenvalue weighted by Crippen LogP contribution is 2.23. The molecule has 1 aliphatic carbocycles. The third-order valence-corrected chi connectivity index (χ3v) is 2.83. The summed E-state index contributed by atoms with van der Waals surface area (Å²) in [6.07, 6.45) is 6.96. The van der Waals surface area contributed by atoms with Crippen molar-refractivity contribution in [2.45, 2.75) is 39.0 Å². The van der Waals surface area contributed by atoms with Gasteiger partial charge in [-0.05, 0) is 25.7 Å². The van der Waals surface area contributed by atoms with Crippen molar-refractivity contribution >= 4 is 5.84 Å². The van der Waals surface area contributed by atoms with Crippen LogP contribution in [-0.4, -0.2) is 24.3 Å². The number of hydrogen-bond donors (Lipinski definition) is 1. The molecule has 0 saturated heterocycles. The Bertz CT molecular complexity index is 148. The van der Waals surface area contributed by atoms with E-state index in [-0.39, 0.29) is 0 Å². The van der Waals surface area contributed by atoms with Gasteiger partial charge in [-0.3, -0.25) is 5.41 Å². The van der Waals surface area contributed by atoms with Gasteiger partial charge in [0.25, 0.3) is 0 Å². The van der Waals surface area contributed by atoms with Crippen molar-refractivity contribution in [2.24, 2.45) is 5.92 Å². The molecule has 0 aliphatic heterocycles. The van der Waals surface area contributed by atoms with E-state index in [1.807, 2.05) is 14.0 Å². The molecular formula is C10H20N2. The van der Waals surface area contributed by atoms with Gasteiger partial charge in [-0.25, -0.2) is 0 Å². The lowest BCUT2D eigenvalue weighted by Gasteiger charge is -2.27. The maximum Gasteiger partial charge on any atom is 0.0923 e. The van der Waals surface area contributed by atoms with Crippen LogP contribution in [0.3, 0.4) is 0 Å². The maximum atomic E-state index is 7.44. The van der Waals surface area contributed by atoms with E-state index in [1.54, 1.807) is 0 Å². The summed E-state index contributed by atoms with van der Waals surface area (Å²) in [4.78, 5) is 2.07. The first-order valence-electron chi connectivity index (χ1n) is 4.96. The summed E-state index contributed by atoms with van der Waals surface area (Å²) in [5.41, 5.74) is 0. The minimum Gasteiger partial charge on any atom is -0.364 e. The van der Waals surface area contributed by atoms with E-state index >= 15 is 0 Å². The van der Waals surface area contributed by atoms with Crippen molar-refractivity contribution < 1.29 is 0 Å². The van der Waals surface area contributed by atoms with E-state index in [0.717, 1.165) is 12.5 Å². The first-order chi connectivity index (χ1) is 5.70.